The van der Waals surface area contributed by atoms with Crippen molar-refractivity contribution in [3.8, 4) is 5.88 Å². The normalized spacial score (nSPS) is 14.4. The lowest BCUT2D eigenvalue weighted by molar-refractivity contribution is 0.0680. The first-order chi connectivity index (χ1) is 16.2. The van der Waals surface area contributed by atoms with Gasteiger partial charge in [0, 0.05) is 38.2 Å². The fraction of sp³-hybridized carbons (Fsp3) is 0.440. The summed E-state index contributed by atoms with van der Waals surface area (Å²) in [6.07, 6.45) is 10.4. The molecular weight excluding hydrogens is 436 g/mol. The van der Waals surface area contributed by atoms with Crippen LogP contribution >= 0.6 is 11.3 Å². The number of amides is 2. The number of pyridine rings is 2. The van der Waals surface area contributed by atoms with Gasteiger partial charge in [-0.2, -0.15) is 0 Å². The van der Waals surface area contributed by atoms with Crippen molar-refractivity contribution in [3.63, 3.8) is 0 Å². The molecule has 1 N–H and O–H groups in total. The van der Waals surface area contributed by atoms with Crippen LogP contribution in [0.1, 0.15) is 59.1 Å². The first-order valence-corrected chi connectivity index (χ1v) is 12.5. The molecule has 4 heterocycles. The molecule has 3 aromatic heterocycles. The maximum atomic E-state index is 12.9. The van der Waals surface area contributed by atoms with Crippen molar-refractivity contribution in [1.29, 1.82) is 0 Å². The van der Waals surface area contributed by atoms with E-state index in [1.807, 2.05) is 24.0 Å². The quantitative estimate of drug-likeness (QED) is 0.468. The molecule has 0 saturated carbocycles. The molecule has 2 amide bonds. The van der Waals surface area contributed by atoms with Crippen LogP contribution < -0.4 is 10.1 Å². The van der Waals surface area contributed by atoms with Crippen LogP contribution in [-0.4, -0.2) is 52.9 Å². The first-order valence-electron chi connectivity index (χ1n) is 11.6. The number of nitrogens with one attached hydrogen (secondary N) is 1. The van der Waals surface area contributed by atoms with Gasteiger partial charge in [0.15, 0.2) is 0 Å². The Kier molecular flexibility index (Phi) is 7.88. The molecule has 0 radical (unpaired) electrons. The van der Waals surface area contributed by atoms with Gasteiger partial charge in [-0.05, 0) is 61.8 Å². The van der Waals surface area contributed by atoms with Gasteiger partial charge < -0.3 is 15.0 Å². The van der Waals surface area contributed by atoms with Gasteiger partial charge in [0.05, 0.1) is 16.2 Å². The molecule has 33 heavy (non-hydrogen) atoms. The number of piperidine rings is 1. The highest BCUT2D eigenvalue weighted by atomic mass is 32.1. The predicted octanol–water partition coefficient (Wildman–Crippen LogP) is 4.54. The average molecular weight is 467 g/mol. The highest BCUT2D eigenvalue weighted by Crippen LogP contribution is 2.26. The van der Waals surface area contributed by atoms with E-state index in [4.69, 9.17) is 4.74 Å². The summed E-state index contributed by atoms with van der Waals surface area (Å²) >= 11 is 1.48. The van der Waals surface area contributed by atoms with Gasteiger partial charge in [-0.15, -0.1) is 11.3 Å². The van der Waals surface area contributed by atoms with Crippen LogP contribution in [0.2, 0.25) is 0 Å². The van der Waals surface area contributed by atoms with Crippen molar-refractivity contribution in [2.45, 2.75) is 39.0 Å². The van der Waals surface area contributed by atoms with Crippen LogP contribution in [0, 0.1) is 5.92 Å². The zero-order valence-electron chi connectivity index (χ0n) is 19.0. The molecule has 0 spiro atoms. The molecule has 3 aromatic rings. The number of rotatable bonds is 9. The molecule has 174 valence electrons. The lowest BCUT2D eigenvalue weighted by Gasteiger charge is -2.32. The number of likely N-dealkylation sites (tertiary alicyclic amines) is 1. The molecule has 4 rings (SSSR count). The minimum Gasteiger partial charge on any atom is -0.477 e. The number of aromatic nitrogens is 2. The summed E-state index contributed by atoms with van der Waals surface area (Å²) in [7, 11) is 0. The van der Waals surface area contributed by atoms with Crippen LogP contribution in [0.3, 0.4) is 0 Å². The second-order valence-corrected chi connectivity index (χ2v) is 9.38. The SMILES string of the molecule is CCOc1ncccc1C(=O)N1CCC(CCCCNC(=O)c2cc3ccncc3s2)CC1. The second-order valence-electron chi connectivity index (χ2n) is 8.30. The molecule has 7 nitrogen and oxygen atoms in total. The Morgan fingerprint density at radius 3 is 2.85 bits per heavy atom. The molecule has 8 heteroatoms. The van der Waals surface area contributed by atoms with E-state index in [2.05, 4.69) is 15.3 Å². The lowest BCUT2D eigenvalue weighted by atomic mass is 9.91. The van der Waals surface area contributed by atoms with Crippen molar-refractivity contribution < 1.29 is 14.3 Å². The smallest absolute Gasteiger partial charge is 0.261 e. The van der Waals surface area contributed by atoms with Crippen LogP contribution in [-0.2, 0) is 0 Å². The van der Waals surface area contributed by atoms with E-state index in [0.29, 0.717) is 30.5 Å². The zero-order valence-corrected chi connectivity index (χ0v) is 19.8. The maximum absolute atomic E-state index is 12.9. The van der Waals surface area contributed by atoms with E-state index in [-0.39, 0.29) is 11.8 Å². The number of carbonyl (C=O) groups is 2. The molecular formula is C25H30N4O3S. The molecule has 0 unspecified atom stereocenters. The van der Waals surface area contributed by atoms with E-state index in [9.17, 15) is 9.59 Å². The van der Waals surface area contributed by atoms with Crippen LogP contribution in [0.4, 0.5) is 0 Å². The van der Waals surface area contributed by atoms with Crippen molar-refractivity contribution in [2.75, 3.05) is 26.2 Å². The Balaban J connectivity index is 1.15. The Hall–Kier alpha value is -3.00. The number of nitrogens with zero attached hydrogens (tertiary/aromatic N) is 3. The molecule has 1 saturated heterocycles. The number of hydrogen-bond acceptors (Lipinski definition) is 6. The number of unbranched alkanes of at least 4 members (excludes halogenated alkanes) is 1. The van der Waals surface area contributed by atoms with Gasteiger partial charge >= 0.3 is 0 Å². The third-order valence-corrected chi connectivity index (χ3v) is 7.14. The second kappa shape index (κ2) is 11.2. The molecule has 1 aliphatic rings. The van der Waals surface area contributed by atoms with Crippen molar-refractivity contribution >= 4 is 33.2 Å². The zero-order chi connectivity index (χ0) is 23.0. The van der Waals surface area contributed by atoms with Crippen molar-refractivity contribution in [1.82, 2.24) is 20.2 Å². The van der Waals surface area contributed by atoms with Crippen LogP contribution in [0.5, 0.6) is 5.88 Å². The fourth-order valence-electron chi connectivity index (χ4n) is 4.24. The minimum absolute atomic E-state index is 0.00438. The molecule has 0 atom stereocenters. The summed E-state index contributed by atoms with van der Waals surface area (Å²) < 4.78 is 6.55. The highest BCUT2D eigenvalue weighted by Gasteiger charge is 2.25. The van der Waals surface area contributed by atoms with Crippen LogP contribution in [0.15, 0.2) is 42.9 Å². The number of thiophene rings is 1. The van der Waals surface area contributed by atoms with E-state index in [0.717, 1.165) is 60.2 Å². The van der Waals surface area contributed by atoms with Gasteiger partial charge in [-0.1, -0.05) is 12.8 Å². The Labute approximate surface area is 198 Å². The fourth-order valence-corrected chi connectivity index (χ4v) is 5.19. The van der Waals surface area contributed by atoms with Crippen molar-refractivity contribution in [3.05, 3.63) is 53.3 Å². The first kappa shape index (κ1) is 23.2. The van der Waals surface area contributed by atoms with Crippen LogP contribution in [0.25, 0.3) is 10.1 Å². The standard InChI is InChI=1S/C25H30N4O3S/c1-2-32-24-20(7-5-12-28-24)25(31)29-14-9-18(10-15-29)6-3-4-11-27-23(30)21-16-19-8-13-26-17-22(19)33-21/h5,7-8,12-13,16-18H,2-4,6,9-11,14-15H2,1H3,(H,27,30). The molecule has 0 aromatic carbocycles. The van der Waals surface area contributed by atoms with E-state index in [1.54, 1.807) is 30.7 Å². The van der Waals surface area contributed by atoms with Gasteiger partial charge in [-0.3, -0.25) is 14.6 Å². The third-order valence-electron chi connectivity index (χ3n) is 6.06. The summed E-state index contributed by atoms with van der Waals surface area (Å²) in [5.41, 5.74) is 0.545. The lowest BCUT2D eigenvalue weighted by Crippen LogP contribution is -2.38. The summed E-state index contributed by atoms with van der Waals surface area (Å²) in [5.74, 6) is 1.04. The number of fused-ring (bicyclic) bond motifs is 1. The molecule has 0 aliphatic carbocycles. The minimum atomic E-state index is -0.00940. The number of carbonyl (C=O) groups excluding carboxylic acids is 2. The summed E-state index contributed by atoms with van der Waals surface area (Å²) in [6, 6.07) is 7.42. The third kappa shape index (κ3) is 5.87. The molecule has 0 bridgehead atoms. The Morgan fingerprint density at radius 1 is 1.21 bits per heavy atom. The van der Waals surface area contributed by atoms with E-state index < -0.39 is 0 Å². The van der Waals surface area contributed by atoms with Gasteiger partial charge in [0.25, 0.3) is 11.8 Å². The van der Waals surface area contributed by atoms with Gasteiger partial charge in [0.2, 0.25) is 5.88 Å². The number of hydrogen-bond donors (Lipinski definition) is 1. The Morgan fingerprint density at radius 2 is 2.06 bits per heavy atom. The topological polar surface area (TPSA) is 84.4 Å². The molecule has 1 aliphatic heterocycles. The van der Waals surface area contributed by atoms with E-state index in [1.165, 1.54) is 11.3 Å². The monoisotopic (exact) mass is 466 g/mol. The Bertz CT molecular complexity index is 1060. The van der Waals surface area contributed by atoms with Gasteiger partial charge in [0.1, 0.15) is 5.56 Å². The summed E-state index contributed by atoms with van der Waals surface area (Å²) in [6.45, 7) is 4.59. The summed E-state index contributed by atoms with van der Waals surface area (Å²) in [4.78, 5) is 36.2. The maximum Gasteiger partial charge on any atom is 0.261 e. The average Bonchev–Trinajstić information content (AvgIpc) is 3.29. The van der Waals surface area contributed by atoms with Gasteiger partial charge in [-0.25, -0.2) is 4.98 Å². The summed E-state index contributed by atoms with van der Waals surface area (Å²) in [5, 5.41) is 4.09. The number of ether oxygens (including phenoxy) is 1. The largest absolute Gasteiger partial charge is 0.477 e. The predicted molar refractivity (Wildman–Crippen MR) is 130 cm³/mol. The van der Waals surface area contributed by atoms with E-state index >= 15 is 0 Å². The highest BCUT2D eigenvalue weighted by molar-refractivity contribution is 7.20. The van der Waals surface area contributed by atoms with Crippen molar-refractivity contribution in [2.24, 2.45) is 5.92 Å². The molecule has 1 fully saturated rings.